The number of fused-ring (bicyclic) bond motifs is 4. The molecule has 3 heterocycles. The molecule has 356 valence electrons. The van der Waals surface area contributed by atoms with Crippen LogP contribution in [0.1, 0.15) is 63.3 Å². The number of hydrogen-bond donors (Lipinski definition) is 7. The van der Waals surface area contributed by atoms with Gasteiger partial charge in [-0.05, 0) is 78.4 Å². The lowest BCUT2D eigenvalue weighted by atomic mass is 9.89. The molecule has 2 amide bonds. The lowest BCUT2D eigenvalue weighted by molar-refractivity contribution is 0.0682. The van der Waals surface area contributed by atoms with Crippen LogP contribution >= 0.6 is 23.2 Å². The Morgan fingerprint density at radius 2 is 1.34 bits per heavy atom. The Morgan fingerprint density at radius 1 is 0.634 bits per heavy atom. The second kappa shape index (κ2) is 18.5. The average molecular weight is 997 g/mol. The zero-order valence-corrected chi connectivity index (χ0v) is 38.9. The molecule has 17 nitrogen and oxygen atoms in total. The van der Waals surface area contributed by atoms with Crippen molar-refractivity contribution in [2.45, 2.75) is 13.1 Å². The largest absolute Gasteiger partial charge is 0.507 e. The molecule has 0 fully saturated rings. The predicted molar refractivity (Wildman–Crippen MR) is 263 cm³/mol. The number of carbonyl (C=O) groups excluding carboxylic acids is 2. The summed E-state index contributed by atoms with van der Waals surface area (Å²) in [5.41, 5.74) is 1.18. The van der Waals surface area contributed by atoms with Crippen LogP contribution in [0.25, 0.3) is 66.8 Å². The summed E-state index contributed by atoms with van der Waals surface area (Å²) >= 11 is 13.8. The smallest absolute Gasteiger partial charge is 0.337 e. The minimum absolute atomic E-state index is 0.0135. The number of anilines is 1. The van der Waals surface area contributed by atoms with Crippen LogP contribution in [0, 0.1) is 0 Å². The topological polar surface area (TPSA) is 262 Å². The Kier molecular flexibility index (Phi) is 12.3. The average Bonchev–Trinajstić information content (AvgIpc) is 3.83. The first-order valence-corrected chi connectivity index (χ1v) is 22.1. The van der Waals surface area contributed by atoms with E-state index in [2.05, 4.69) is 16.0 Å². The molecule has 4 aliphatic rings. The normalized spacial score (nSPS) is 11.3. The van der Waals surface area contributed by atoms with Gasteiger partial charge in [0.2, 0.25) is 5.36 Å². The SMILES string of the molecule is CNc1ccc2c(-c3c(Cl)cc(C(=O)NCc4ccc(C(=O)NCc5c(O)ccc6c(-c7ccc(C(=O)O)cc7C(=O)O)c7ccc(=O)cc-7oc56)o4)c(Cl)c3C(=O)O)c3ccc(=[N+](C)C)cc-3oc2c1. The Hall–Kier alpha value is -8.93. The molecule has 0 atom stereocenters. The summed E-state index contributed by atoms with van der Waals surface area (Å²) in [6.45, 7) is -0.656. The number of halogens is 2. The third-order valence-corrected chi connectivity index (χ3v) is 12.6. The van der Waals surface area contributed by atoms with Gasteiger partial charge in [0, 0.05) is 69.5 Å². The molecule has 0 bridgehead atoms. The molecule has 5 aromatic rings. The highest BCUT2D eigenvalue weighted by Gasteiger charge is 2.31. The summed E-state index contributed by atoms with van der Waals surface area (Å²) in [5, 5.41) is 50.9. The van der Waals surface area contributed by atoms with Gasteiger partial charge in [-0.15, -0.1) is 0 Å². The number of phenolic OH excluding ortho intramolecular Hbond substituents is 1. The van der Waals surface area contributed by atoms with E-state index in [9.17, 15) is 49.2 Å². The number of nitrogens with one attached hydrogen (secondary N) is 3. The zero-order valence-electron chi connectivity index (χ0n) is 37.4. The number of amides is 2. The molecule has 4 aromatic carbocycles. The highest BCUT2D eigenvalue weighted by atomic mass is 35.5. The summed E-state index contributed by atoms with van der Waals surface area (Å²) in [5.74, 6) is -5.74. The van der Waals surface area contributed by atoms with Gasteiger partial charge in [-0.3, -0.25) is 14.4 Å². The number of nitrogens with zero attached hydrogens (tertiary/aromatic N) is 1. The molecule has 1 aromatic heterocycles. The maximum absolute atomic E-state index is 13.8. The summed E-state index contributed by atoms with van der Waals surface area (Å²) in [4.78, 5) is 77.1. The van der Waals surface area contributed by atoms with Crippen molar-refractivity contribution in [3.05, 3.63) is 168 Å². The van der Waals surface area contributed by atoms with Gasteiger partial charge in [0.1, 0.15) is 48.3 Å². The second-order valence-corrected chi connectivity index (χ2v) is 17.2. The van der Waals surface area contributed by atoms with Crippen LogP contribution in [-0.2, 0) is 13.1 Å². The van der Waals surface area contributed by atoms with Crippen LogP contribution in [-0.4, -0.2) is 71.3 Å². The van der Waals surface area contributed by atoms with E-state index in [0.717, 1.165) is 17.1 Å². The van der Waals surface area contributed by atoms with Crippen molar-refractivity contribution in [2.24, 2.45) is 0 Å². The van der Waals surface area contributed by atoms with Crippen LogP contribution in [0.3, 0.4) is 0 Å². The van der Waals surface area contributed by atoms with E-state index in [1.54, 1.807) is 31.3 Å². The first kappa shape index (κ1) is 47.1. The van der Waals surface area contributed by atoms with E-state index in [1.807, 2.05) is 30.8 Å². The van der Waals surface area contributed by atoms with Crippen molar-refractivity contribution in [1.82, 2.24) is 15.2 Å². The molecule has 0 unspecified atom stereocenters. The quantitative estimate of drug-likeness (QED) is 0.0446. The maximum Gasteiger partial charge on any atom is 0.337 e. The molecule has 71 heavy (non-hydrogen) atoms. The van der Waals surface area contributed by atoms with Crippen LogP contribution in [0.4, 0.5) is 5.69 Å². The van der Waals surface area contributed by atoms with Crippen LogP contribution in [0.2, 0.25) is 10.0 Å². The van der Waals surface area contributed by atoms with Crippen molar-refractivity contribution in [1.29, 1.82) is 0 Å². The fourth-order valence-corrected chi connectivity index (χ4v) is 9.06. The van der Waals surface area contributed by atoms with Gasteiger partial charge in [-0.25, -0.2) is 19.0 Å². The van der Waals surface area contributed by atoms with E-state index in [-0.39, 0.29) is 96.1 Å². The second-order valence-electron chi connectivity index (χ2n) is 16.4. The van der Waals surface area contributed by atoms with E-state index >= 15 is 0 Å². The summed E-state index contributed by atoms with van der Waals surface area (Å²) in [6, 6.07) is 25.1. The highest BCUT2D eigenvalue weighted by molar-refractivity contribution is 6.41. The van der Waals surface area contributed by atoms with Crippen molar-refractivity contribution in [3.8, 4) is 50.7 Å². The number of carbonyl (C=O) groups is 5. The van der Waals surface area contributed by atoms with E-state index < -0.39 is 40.7 Å². The van der Waals surface area contributed by atoms with Crippen LogP contribution in [0.15, 0.2) is 121 Å². The van der Waals surface area contributed by atoms with Gasteiger partial charge >= 0.3 is 17.9 Å². The molecular weight excluding hydrogens is 959 g/mol. The van der Waals surface area contributed by atoms with Gasteiger partial charge in [-0.2, -0.15) is 0 Å². The molecule has 19 heteroatoms. The first-order chi connectivity index (χ1) is 33.9. The number of furan rings is 1. The lowest BCUT2D eigenvalue weighted by Crippen LogP contribution is -2.24. The molecule has 2 aliphatic carbocycles. The predicted octanol–water partition coefficient (Wildman–Crippen LogP) is 8.72. The van der Waals surface area contributed by atoms with Crippen molar-refractivity contribution in [3.63, 3.8) is 0 Å². The molecule has 9 rings (SSSR count). The van der Waals surface area contributed by atoms with Gasteiger partial charge in [0.25, 0.3) is 11.8 Å². The molecule has 0 radical (unpaired) electrons. The number of carboxylic acid groups (broad SMARTS) is 3. The Balaban J connectivity index is 0.987. The zero-order chi connectivity index (χ0) is 50.6. The standard InChI is InChI=1S/C52H36Cl2N4O13/c1-55-24-5-10-30-39(17-24)70-40-18-25(58(2)3)6-11-31(40)43(30)44-36(53)20-34(46(54)45(44)52(67)68)48(61)56-21-27-8-15-38(69-27)49(62)57-22-35-37(60)14-13-32-42(29-12-7-26(59)19-41(29)71-47(32)35)28-9-4-23(50(63)64)16-33(28)51(65)66/h4-20H,21-22H2,1-3H3,(H6,56,57,59,60,61,62,63,64,65,66,67,68)/p+1. The van der Waals surface area contributed by atoms with Crippen LogP contribution < -0.4 is 31.3 Å². The molecule has 7 N–H and O–H groups in total. The molecule has 2 aliphatic heterocycles. The number of rotatable bonds is 12. The van der Waals surface area contributed by atoms with E-state index in [4.69, 9.17) is 36.5 Å². The number of carboxylic acids is 3. The summed E-state index contributed by atoms with van der Waals surface area (Å²) in [6.07, 6.45) is 0. The fraction of sp³-hybridized carbons (Fsp3) is 0.0962. The van der Waals surface area contributed by atoms with Gasteiger partial charge < -0.3 is 49.6 Å². The summed E-state index contributed by atoms with van der Waals surface area (Å²) < 4.78 is 20.1. The number of hydrogen-bond acceptors (Lipinski definition) is 11. The minimum atomic E-state index is -1.45. The first-order valence-electron chi connectivity index (χ1n) is 21.4. The monoisotopic (exact) mass is 995 g/mol. The Morgan fingerprint density at radius 3 is 2.06 bits per heavy atom. The lowest BCUT2D eigenvalue weighted by Gasteiger charge is -2.20. The number of aromatic hydroxyl groups is 1. The van der Waals surface area contributed by atoms with E-state index in [0.29, 0.717) is 33.4 Å². The maximum atomic E-state index is 13.8. The molecular formula is C52H37Cl2N4O13+. The number of aromatic carboxylic acids is 3. The third kappa shape index (κ3) is 8.64. The van der Waals surface area contributed by atoms with Crippen molar-refractivity contribution < 1.29 is 57.7 Å². The van der Waals surface area contributed by atoms with Gasteiger partial charge in [0.05, 0.1) is 57.0 Å². The highest BCUT2D eigenvalue weighted by Crippen LogP contribution is 2.47. The van der Waals surface area contributed by atoms with Crippen molar-refractivity contribution >= 4 is 80.6 Å². The van der Waals surface area contributed by atoms with Crippen LogP contribution in [0.5, 0.6) is 5.75 Å². The molecule has 0 saturated heterocycles. The van der Waals surface area contributed by atoms with Crippen molar-refractivity contribution in [2.75, 3.05) is 26.5 Å². The molecule has 0 spiro atoms. The third-order valence-electron chi connectivity index (χ3n) is 11.9. The summed E-state index contributed by atoms with van der Waals surface area (Å²) in [7, 11) is 5.49. The number of phenols is 1. The van der Waals surface area contributed by atoms with Gasteiger partial charge in [-0.1, -0.05) is 29.3 Å². The fourth-order valence-electron chi connectivity index (χ4n) is 8.44. The minimum Gasteiger partial charge on any atom is -0.507 e. The van der Waals surface area contributed by atoms with E-state index in [1.165, 1.54) is 60.7 Å². The Labute approximate surface area is 410 Å². The van der Waals surface area contributed by atoms with Gasteiger partial charge in [0.15, 0.2) is 11.2 Å². The number of benzene rings is 6. The Bertz CT molecular complexity index is 3830. The molecule has 0 saturated carbocycles.